The highest BCUT2D eigenvalue weighted by atomic mass is 32.1. The van der Waals surface area contributed by atoms with E-state index in [0.29, 0.717) is 17.6 Å². The van der Waals surface area contributed by atoms with Crippen LogP contribution >= 0.6 is 11.3 Å². The van der Waals surface area contributed by atoms with Crippen molar-refractivity contribution >= 4 is 53.4 Å². The monoisotopic (exact) mass is 734 g/mol. The minimum Gasteiger partial charge on any atom is -0.276 e. The van der Waals surface area contributed by atoms with Crippen LogP contribution in [-0.4, -0.2) is 29.5 Å². The molecule has 0 fully saturated rings. The number of hydrogen-bond acceptors (Lipinski definition) is 6. The highest BCUT2D eigenvalue weighted by Gasteiger charge is 2.22. The highest BCUT2D eigenvalue weighted by Crippen LogP contribution is 2.43. The summed E-state index contributed by atoms with van der Waals surface area (Å²) in [6.07, 6.45) is 3.65. The van der Waals surface area contributed by atoms with Crippen LogP contribution in [0.2, 0.25) is 0 Å². The van der Waals surface area contributed by atoms with E-state index in [1.807, 2.05) is 30.5 Å². The Morgan fingerprint density at radius 1 is 0.429 bits per heavy atom. The van der Waals surface area contributed by atoms with Crippen molar-refractivity contribution in [3.63, 3.8) is 0 Å². The molecule has 56 heavy (non-hydrogen) atoms. The Morgan fingerprint density at radius 3 is 1.71 bits per heavy atom. The second-order valence-corrected chi connectivity index (χ2v) is 14.8. The van der Waals surface area contributed by atoms with Crippen LogP contribution in [0.15, 0.2) is 182 Å². The van der Waals surface area contributed by atoms with Gasteiger partial charge in [-0.05, 0) is 70.8 Å². The van der Waals surface area contributed by atoms with E-state index in [4.69, 9.17) is 19.9 Å². The van der Waals surface area contributed by atoms with Gasteiger partial charge in [-0.1, -0.05) is 121 Å². The van der Waals surface area contributed by atoms with E-state index in [-0.39, 0.29) is 0 Å². The van der Waals surface area contributed by atoms with Gasteiger partial charge in [-0.2, -0.15) is 9.97 Å². The molecule has 0 aliphatic heterocycles. The summed E-state index contributed by atoms with van der Waals surface area (Å²) in [6.45, 7) is 0. The fourth-order valence-electron chi connectivity index (χ4n) is 7.69. The van der Waals surface area contributed by atoms with Crippen LogP contribution in [0.5, 0.6) is 0 Å². The third-order valence-corrected chi connectivity index (χ3v) is 11.6. The number of thiophene rings is 1. The van der Waals surface area contributed by atoms with Gasteiger partial charge in [-0.15, -0.1) is 11.3 Å². The number of benzene rings is 6. The average molecular weight is 735 g/mol. The number of nitrogens with zero attached hydrogens (tertiary/aromatic N) is 6. The normalized spacial score (nSPS) is 11.6. The Labute approximate surface area is 326 Å². The molecule has 0 spiro atoms. The Bertz CT molecular complexity index is 3140. The molecule has 0 aliphatic carbocycles. The van der Waals surface area contributed by atoms with Crippen molar-refractivity contribution in [2.24, 2.45) is 0 Å². The fourth-order valence-corrected chi connectivity index (χ4v) is 8.94. The van der Waals surface area contributed by atoms with Crippen molar-refractivity contribution in [3.8, 4) is 62.2 Å². The van der Waals surface area contributed by atoms with Crippen molar-refractivity contribution < 1.29 is 0 Å². The summed E-state index contributed by atoms with van der Waals surface area (Å²) in [7, 11) is 0. The first kappa shape index (κ1) is 32.1. The van der Waals surface area contributed by atoms with E-state index in [2.05, 4.69) is 155 Å². The van der Waals surface area contributed by atoms with E-state index in [0.717, 1.165) is 66.6 Å². The molecule has 11 rings (SSSR count). The molecule has 262 valence electrons. The topological polar surface area (TPSA) is 69.4 Å². The number of hydrogen-bond donors (Lipinski definition) is 0. The van der Waals surface area contributed by atoms with Crippen LogP contribution in [0.25, 0.3) is 104 Å². The molecule has 0 radical (unpaired) electrons. The smallest absolute Gasteiger partial charge is 0.238 e. The van der Waals surface area contributed by atoms with Gasteiger partial charge < -0.3 is 0 Å². The van der Waals surface area contributed by atoms with Crippen LogP contribution in [-0.2, 0) is 0 Å². The molecule has 0 amide bonds. The first-order valence-electron chi connectivity index (χ1n) is 18.5. The molecule has 6 aromatic carbocycles. The molecule has 0 bridgehead atoms. The van der Waals surface area contributed by atoms with Crippen LogP contribution in [0.3, 0.4) is 0 Å². The second-order valence-electron chi connectivity index (χ2n) is 13.8. The molecule has 0 saturated heterocycles. The second kappa shape index (κ2) is 13.2. The third-order valence-electron chi connectivity index (χ3n) is 10.4. The molecule has 5 aromatic heterocycles. The van der Waals surface area contributed by atoms with E-state index in [9.17, 15) is 0 Å². The lowest BCUT2D eigenvalue weighted by atomic mass is 10.0. The van der Waals surface area contributed by atoms with E-state index in [1.165, 1.54) is 20.2 Å². The molecular weight excluding hydrogens is 705 g/mol. The van der Waals surface area contributed by atoms with E-state index >= 15 is 0 Å². The van der Waals surface area contributed by atoms with Gasteiger partial charge in [-0.3, -0.25) is 9.55 Å². The van der Waals surface area contributed by atoms with Gasteiger partial charge in [0.1, 0.15) is 0 Å². The predicted octanol–water partition coefficient (Wildman–Crippen LogP) is 12.5. The van der Waals surface area contributed by atoms with Gasteiger partial charge in [0.2, 0.25) is 5.95 Å². The molecule has 0 aliphatic rings. The summed E-state index contributed by atoms with van der Waals surface area (Å²) in [5.74, 6) is 1.70. The molecule has 0 saturated carbocycles. The Balaban J connectivity index is 1.20. The molecule has 5 heterocycles. The number of pyridine rings is 2. The zero-order valence-electron chi connectivity index (χ0n) is 29.9. The van der Waals surface area contributed by atoms with Gasteiger partial charge >= 0.3 is 0 Å². The minimum atomic E-state index is 0.525. The van der Waals surface area contributed by atoms with Crippen LogP contribution in [0.1, 0.15) is 0 Å². The molecule has 0 unspecified atom stereocenters. The van der Waals surface area contributed by atoms with Crippen molar-refractivity contribution in [3.05, 3.63) is 182 Å². The lowest BCUT2D eigenvalue weighted by Gasteiger charge is -2.12. The average Bonchev–Trinajstić information content (AvgIpc) is 3.83. The first-order valence-corrected chi connectivity index (χ1v) is 19.3. The van der Waals surface area contributed by atoms with Gasteiger partial charge in [0.25, 0.3) is 0 Å². The van der Waals surface area contributed by atoms with Crippen LogP contribution in [0.4, 0.5) is 0 Å². The molecule has 0 atom stereocenters. The highest BCUT2D eigenvalue weighted by molar-refractivity contribution is 7.26. The number of fused-ring (bicyclic) bond motifs is 7. The van der Waals surface area contributed by atoms with Gasteiger partial charge in [0, 0.05) is 54.6 Å². The Hall–Kier alpha value is -7.35. The fraction of sp³-hybridized carbons (Fsp3) is 0. The van der Waals surface area contributed by atoms with Crippen molar-refractivity contribution in [2.45, 2.75) is 0 Å². The number of rotatable bonds is 6. The van der Waals surface area contributed by atoms with Crippen molar-refractivity contribution in [2.75, 3.05) is 0 Å². The zero-order chi connectivity index (χ0) is 37.0. The summed E-state index contributed by atoms with van der Waals surface area (Å²) >= 11 is 1.80. The molecule has 6 nitrogen and oxygen atoms in total. The van der Waals surface area contributed by atoms with Crippen LogP contribution in [0, 0.1) is 0 Å². The van der Waals surface area contributed by atoms with E-state index in [1.54, 1.807) is 17.5 Å². The largest absolute Gasteiger partial charge is 0.276 e. The third kappa shape index (κ3) is 5.44. The van der Waals surface area contributed by atoms with Crippen molar-refractivity contribution in [1.82, 2.24) is 29.5 Å². The zero-order valence-corrected chi connectivity index (χ0v) is 30.7. The molecular formula is C49H30N6S. The summed E-state index contributed by atoms with van der Waals surface area (Å²) in [5.41, 5.74) is 10.8. The SMILES string of the molecule is c1ccc(-c2cccc(-c3nc(-c4cccc(-c5ccccc5)c4)nc(-n4c5ccc(-c6cccnc6)nc5c5c6sc7ccccc7c6ccc54)n3)c2)cc1. The molecule has 11 aromatic rings. The first-order chi connectivity index (χ1) is 27.7. The molecule has 7 heteroatoms. The van der Waals surface area contributed by atoms with Gasteiger partial charge in [0.05, 0.1) is 22.2 Å². The van der Waals surface area contributed by atoms with Crippen LogP contribution < -0.4 is 0 Å². The summed E-state index contributed by atoms with van der Waals surface area (Å²) in [5, 5.41) is 3.52. The summed E-state index contributed by atoms with van der Waals surface area (Å²) in [4.78, 5) is 25.5. The quantitative estimate of drug-likeness (QED) is 0.170. The van der Waals surface area contributed by atoms with Crippen molar-refractivity contribution in [1.29, 1.82) is 0 Å². The predicted molar refractivity (Wildman–Crippen MR) is 230 cm³/mol. The number of aromatic nitrogens is 6. The maximum atomic E-state index is 5.37. The van der Waals surface area contributed by atoms with E-state index < -0.39 is 0 Å². The maximum absolute atomic E-state index is 5.37. The minimum absolute atomic E-state index is 0.525. The van der Waals surface area contributed by atoms with Gasteiger partial charge in [-0.25, -0.2) is 9.97 Å². The maximum Gasteiger partial charge on any atom is 0.238 e. The summed E-state index contributed by atoms with van der Waals surface area (Å²) in [6, 6.07) is 58.9. The standard InChI is InChI=1S/C49H30N6S/c1-3-12-31(13-4-1)33-16-9-18-35(28-33)47-52-48(36-19-10-17-34(29-36)32-14-5-2-6-15-32)54-49(53-47)55-41-25-23-39-38-21-7-8-22-43(38)56-46(39)44(41)45-42(55)26-24-40(51-45)37-20-11-27-50-30-37/h1-30H. The lowest BCUT2D eigenvalue weighted by molar-refractivity contribution is 0.953. The Morgan fingerprint density at radius 2 is 1.04 bits per heavy atom. The Kier molecular flexibility index (Phi) is 7.57. The molecule has 0 N–H and O–H groups in total. The summed E-state index contributed by atoms with van der Waals surface area (Å²) < 4.78 is 4.58. The van der Waals surface area contributed by atoms with Gasteiger partial charge in [0.15, 0.2) is 11.6 Å². The lowest BCUT2D eigenvalue weighted by Crippen LogP contribution is -2.06.